The SMILES string of the molecule is CC1=NN(C)C(C)C1=O. The topological polar surface area (TPSA) is 32.7 Å². The maximum atomic E-state index is 10.9. The summed E-state index contributed by atoms with van der Waals surface area (Å²) in [4.78, 5) is 10.9. The molecule has 0 radical (unpaired) electrons. The van der Waals surface area contributed by atoms with E-state index in [0.717, 1.165) is 0 Å². The summed E-state index contributed by atoms with van der Waals surface area (Å²) in [6, 6.07) is -0.0509. The molecule has 1 aliphatic rings. The van der Waals surface area contributed by atoms with Gasteiger partial charge in [-0.2, -0.15) is 5.10 Å². The van der Waals surface area contributed by atoms with E-state index in [1.165, 1.54) is 0 Å². The summed E-state index contributed by atoms with van der Waals surface area (Å²) < 4.78 is 0. The van der Waals surface area contributed by atoms with Crippen LogP contribution in [0.2, 0.25) is 0 Å². The molecule has 1 aliphatic heterocycles. The van der Waals surface area contributed by atoms with Gasteiger partial charge in [0.15, 0.2) is 0 Å². The van der Waals surface area contributed by atoms with E-state index in [9.17, 15) is 4.79 Å². The highest BCUT2D eigenvalue weighted by atomic mass is 16.1. The van der Waals surface area contributed by atoms with Crippen LogP contribution in [0.3, 0.4) is 0 Å². The normalized spacial score (nSPS) is 27.0. The zero-order valence-electron chi connectivity index (χ0n) is 5.88. The molecular weight excluding hydrogens is 116 g/mol. The van der Waals surface area contributed by atoms with E-state index in [2.05, 4.69) is 5.10 Å². The first-order chi connectivity index (χ1) is 4.13. The van der Waals surface area contributed by atoms with Crippen molar-refractivity contribution in [1.29, 1.82) is 0 Å². The lowest BCUT2D eigenvalue weighted by atomic mass is 10.2. The van der Waals surface area contributed by atoms with Crippen molar-refractivity contribution < 1.29 is 4.79 Å². The van der Waals surface area contributed by atoms with Crippen LogP contribution in [0.5, 0.6) is 0 Å². The molecule has 0 aliphatic carbocycles. The van der Waals surface area contributed by atoms with E-state index >= 15 is 0 Å². The van der Waals surface area contributed by atoms with Gasteiger partial charge in [0.2, 0.25) is 5.78 Å². The molecule has 0 saturated carbocycles. The first-order valence-electron chi connectivity index (χ1n) is 2.95. The minimum atomic E-state index is -0.0509. The molecule has 0 amide bonds. The molecular formula is C6H10N2O. The molecule has 0 aromatic heterocycles. The first-order valence-corrected chi connectivity index (χ1v) is 2.95. The zero-order chi connectivity index (χ0) is 7.02. The number of hydrazone groups is 1. The monoisotopic (exact) mass is 126 g/mol. The summed E-state index contributed by atoms with van der Waals surface area (Å²) in [5.74, 6) is 0.137. The van der Waals surface area contributed by atoms with Crippen LogP contribution in [0.15, 0.2) is 5.10 Å². The Labute approximate surface area is 54.3 Å². The molecule has 1 rings (SSSR count). The molecule has 50 valence electrons. The Hall–Kier alpha value is -0.860. The highest BCUT2D eigenvalue weighted by Crippen LogP contribution is 2.07. The van der Waals surface area contributed by atoms with E-state index in [4.69, 9.17) is 0 Å². The highest BCUT2D eigenvalue weighted by Gasteiger charge is 2.25. The number of rotatable bonds is 0. The van der Waals surface area contributed by atoms with Crippen molar-refractivity contribution in [3.8, 4) is 0 Å². The maximum absolute atomic E-state index is 10.9. The van der Waals surface area contributed by atoms with Gasteiger partial charge < -0.3 is 0 Å². The van der Waals surface area contributed by atoms with Gasteiger partial charge in [0.25, 0.3) is 0 Å². The average Bonchev–Trinajstić information content (AvgIpc) is 1.98. The average molecular weight is 126 g/mol. The van der Waals surface area contributed by atoms with Crippen LogP contribution in [0, 0.1) is 0 Å². The Balaban J connectivity index is 2.82. The lowest BCUT2D eigenvalue weighted by Gasteiger charge is -2.10. The van der Waals surface area contributed by atoms with Gasteiger partial charge in [-0.1, -0.05) is 0 Å². The van der Waals surface area contributed by atoms with E-state index in [-0.39, 0.29) is 11.8 Å². The van der Waals surface area contributed by atoms with Gasteiger partial charge in [0, 0.05) is 7.05 Å². The van der Waals surface area contributed by atoms with E-state index in [1.807, 2.05) is 6.92 Å². The Bertz CT molecular complexity index is 174. The number of hydrogen-bond donors (Lipinski definition) is 0. The van der Waals surface area contributed by atoms with Crippen LogP contribution in [0.25, 0.3) is 0 Å². The van der Waals surface area contributed by atoms with Crippen LogP contribution < -0.4 is 0 Å². The molecule has 0 spiro atoms. The molecule has 0 bridgehead atoms. The van der Waals surface area contributed by atoms with E-state index < -0.39 is 0 Å². The van der Waals surface area contributed by atoms with Gasteiger partial charge in [-0.25, -0.2) is 0 Å². The standard InChI is InChI=1S/C6H10N2O/c1-4-6(9)5(2)8(3)7-4/h5H,1-3H3. The number of ketones is 1. The smallest absolute Gasteiger partial charge is 0.202 e. The van der Waals surface area contributed by atoms with Gasteiger partial charge >= 0.3 is 0 Å². The summed E-state index contributed by atoms with van der Waals surface area (Å²) in [5.41, 5.74) is 0.616. The fourth-order valence-corrected chi connectivity index (χ4v) is 0.844. The second kappa shape index (κ2) is 1.83. The number of carbonyl (C=O) groups excluding carboxylic acids is 1. The van der Waals surface area contributed by atoms with Crippen LogP contribution in [0.1, 0.15) is 13.8 Å². The van der Waals surface area contributed by atoms with Gasteiger partial charge in [-0.15, -0.1) is 0 Å². The Morgan fingerprint density at radius 1 is 1.67 bits per heavy atom. The van der Waals surface area contributed by atoms with Gasteiger partial charge in [-0.3, -0.25) is 9.80 Å². The Kier molecular flexibility index (Phi) is 1.27. The predicted molar refractivity (Wildman–Crippen MR) is 35.3 cm³/mol. The molecule has 3 heteroatoms. The van der Waals surface area contributed by atoms with Gasteiger partial charge in [-0.05, 0) is 13.8 Å². The lowest BCUT2D eigenvalue weighted by Crippen LogP contribution is -2.26. The summed E-state index contributed by atoms with van der Waals surface area (Å²) in [6.45, 7) is 3.59. The zero-order valence-corrected chi connectivity index (χ0v) is 5.88. The van der Waals surface area contributed by atoms with Crippen LogP contribution >= 0.6 is 0 Å². The molecule has 1 atom stereocenters. The maximum Gasteiger partial charge on any atom is 0.202 e. The van der Waals surface area contributed by atoms with Crippen LogP contribution in [0.4, 0.5) is 0 Å². The lowest BCUT2D eigenvalue weighted by molar-refractivity contribution is -0.115. The second-order valence-corrected chi connectivity index (χ2v) is 2.30. The molecule has 9 heavy (non-hydrogen) atoms. The highest BCUT2D eigenvalue weighted by molar-refractivity contribution is 6.41. The summed E-state index contributed by atoms with van der Waals surface area (Å²) in [5, 5.41) is 5.63. The quantitative estimate of drug-likeness (QED) is 0.466. The Morgan fingerprint density at radius 3 is 2.33 bits per heavy atom. The third-order valence-electron chi connectivity index (χ3n) is 1.60. The van der Waals surface area contributed by atoms with Crippen molar-refractivity contribution in [2.45, 2.75) is 19.9 Å². The van der Waals surface area contributed by atoms with Crippen molar-refractivity contribution >= 4 is 11.5 Å². The molecule has 3 nitrogen and oxygen atoms in total. The molecule has 0 aromatic carbocycles. The summed E-state index contributed by atoms with van der Waals surface area (Å²) in [7, 11) is 1.80. The van der Waals surface area contributed by atoms with Crippen LogP contribution in [-0.4, -0.2) is 29.6 Å². The molecule has 1 unspecified atom stereocenters. The number of nitrogens with zero attached hydrogens (tertiary/aromatic N) is 2. The van der Waals surface area contributed by atoms with E-state index in [1.54, 1.807) is 19.0 Å². The van der Waals surface area contributed by atoms with Crippen molar-refractivity contribution in [1.82, 2.24) is 5.01 Å². The van der Waals surface area contributed by atoms with Crippen molar-refractivity contribution in [3.05, 3.63) is 0 Å². The summed E-state index contributed by atoms with van der Waals surface area (Å²) in [6.07, 6.45) is 0. The second-order valence-electron chi connectivity index (χ2n) is 2.30. The minimum Gasteiger partial charge on any atom is -0.290 e. The van der Waals surface area contributed by atoms with E-state index in [0.29, 0.717) is 5.71 Å². The third-order valence-corrected chi connectivity index (χ3v) is 1.60. The molecule has 0 N–H and O–H groups in total. The van der Waals surface area contributed by atoms with Crippen molar-refractivity contribution in [2.75, 3.05) is 7.05 Å². The van der Waals surface area contributed by atoms with Gasteiger partial charge in [0.05, 0.1) is 0 Å². The first kappa shape index (κ1) is 6.26. The third kappa shape index (κ3) is 0.823. The summed E-state index contributed by atoms with van der Waals surface area (Å²) >= 11 is 0. The van der Waals surface area contributed by atoms with Crippen molar-refractivity contribution in [2.24, 2.45) is 5.10 Å². The number of Topliss-reactive ketones (excluding diaryl/α,β-unsaturated/α-hetero) is 1. The molecule has 0 saturated heterocycles. The Morgan fingerprint density at radius 2 is 2.22 bits per heavy atom. The molecule has 0 fully saturated rings. The minimum absolute atomic E-state index is 0.0509. The number of likely N-dealkylation sites (N-methyl/N-ethyl adjacent to an activating group) is 1. The largest absolute Gasteiger partial charge is 0.290 e. The fraction of sp³-hybridized carbons (Fsp3) is 0.667. The predicted octanol–water partition coefficient (Wildman–Crippen LogP) is 0.265. The molecule has 1 heterocycles. The molecule has 0 aromatic rings. The number of hydrogen-bond acceptors (Lipinski definition) is 3. The van der Waals surface area contributed by atoms with Crippen molar-refractivity contribution in [3.63, 3.8) is 0 Å². The van der Waals surface area contributed by atoms with Gasteiger partial charge in [0.1, 0.15) is 11.8 Å². The number of carbonyl (C=O) groups is 1. The van der Waals surface area contributed by atoms with Crippen LogP contribution in [-0.2, 0) is 4.79 Å². The fourth-order valence-electron chi connectivity index (χ4n) is 0.844.